The van der Waals surface area contributed by atoms with Crippen molar-refractivity contribution in [1.82, 2.24) is 5.32 Å². The van der Waals surface area contributed by atoms with Crippen molar-refractivity contribution in [2.24, 2.45) is 0 Å². The molecule has 6 nitrogen and oxygen atoms in total. The third-order valence-electron chi connectivity index (χ3n) is 20.7. The third kappa shape index (κ3) is 79.3. The number of aliphatic hydroxyl groups excluding tert-OH is 2. The van der Waals surface area contributed by atoms with Crippen molar-refractivity contribution in [2.45, 2.75) is 514 Å². The van der Waals surface area contributed by atoms with Gasteiger partial charge in [-0.25, -0.2) is 0 Å². The second kappa shape index (κ2) is 83.8. The molecule has 1 amide bonds. The predicted octanol–water partition coefficient (Wildman–Crippen LogP) is 29.2. The Bertz CT molecular complexity index is 1480. The summed E-state index contributed by atoms with van der Waals surface area (Å²) in [5.41, 5.74) is 0. The Morgan fingerprint density at radius 2 is 0.500 bits per heavy atom. The van der Waals surface area contributed by atoms with Crippen LogP contribution in [0.5, 0.6) is 0 Å². The maximum Gasteiger partial charge on any atom is 0.305 e. The lowest BCUT2D eigenvalue weighted by atomic mass is 10.0. The van der Waals surface area contributed by atoms with Gasteiger partial charge in [0.25, 0.3) is 0 Å². The largest absolute Gasteiger partial charge is 0.466 e. The average Bonchev–Trinajstić information content (AvgIpc) is 3.50. The lowest BCUT2D eigenvalue weighted by molar-refractivity contribution is -0.143. The summed E-state index contributed by atoms with van der Waals surface area (Å²) >= 11 is 0. The van der Waals surface area contributed by atoms with Crippen molar-refractivity contribution in [3.8, 4) is 0 Å². The fraction of sp³-hybridized carbons (Fsp3) is 0.932. The zero-order chi connectivity index (χ0) is 67.7. The first-order chi connectivity index (χ1) is 46.5. The van der Waals surface area contributed by atoms with Crippen LogP contribution in [-0.2, 0) is 14.3 Å². The molecule has 0 aliphatic carbocycles. The van der Waals surface area contributed by atoms with Gasteiger partial charge in [0.1, 0.15) is 0 Å². The van der Waals surface area contributed by atoms with Gasteiger partial charge in [0, 0.05) is 12.8 Å². The normalized spacial score (nSPS) is 12.5. The van der Waals surface area contributed by atoms with Crippen LogP contribution in [0.4, 0.5) is 0 Å². The minimum atomic E-state index is -0.842. The second-order valence-electron chi connectivity index (χ2n) is 30.2. The molecule has 0 spiro atoms. The van der Waals surface area contributed by atoms with Crippen LogP contribution in [0.15, 0.2) is 24.3 Å². The third-order valence-corrected chi connectivity index (χ3v) is 20.7. The molecule has 0 saturated carbocycles. The van der Waals surface area contributed by atoms with E-state index in [9.17, 15) is 19.8 Å². The Hall–Kier alpha value is -1.66. The molecule has 0 aromatic rings. The summed E-state index contributed by atoms with van der Waals surface area (Å²) in [4.78, 5) is 24.7. The monoisotopic (exact) mass is 1320 g/mol. The van der Waals surface area contributed by atoms with E-state index in [2.05, 4.69) is 31.3 Å². The molecule has 94 heavy (non-hydrogen) atoms. The highest BCUT2D eigenvalue weighted by Crippen LogP contribution is 2.21. The Morgan fingerprint density at radius 1 is 0.287 bits per heavy atom. The van der Waals surface area contributed by atoms with Crippen molar-refractivity contribution in [2.75, 3.05) is 13.2 Å². The number of hydrogen-bond donors (Lipinski definition) is 3. The number of hydrogen-bond acceptors (Lipinski definition) is 5. The lowest BCUT2D eigenvalue weighted by Crippen LogP contribution is -2.45. The van der Waals surface area contributed by atoms with Crippen molar-refractivity contribution in [3.05, 3.63) is 24.3 Å². The van der Waals surface area contributed by atoms with Gasteiger partial charge in [-0.3, -0.25) is 9.59 Å². The Kier molecular flexibility index (Phi) is 82.3. The van der Waals surface area contributed by atoms with Crippen molar-refractivity contribution < 1.29 is 24.5 Å². The number of rotatable bonds is 83. The SMILES string of the molecule is CCCCCCCCCCCCCCCCCCCC/C=C/C(O)C(CO)NC(=O)CCCCCCCCCCCCCCCCCCC/C=C\CCCCCCCCCCCCCCCCCCCCOC(=O)CCCCCCCCCCCCCCCCCCCC. The van der Waals surface area contributed by atoms with E-state index in [1.165, 1.54) is 437 Å². The highest BCUT2D eigenvalue weighted by atomic mass is 16.5. The van der Waals surface area contributed by atoms with E-state index in [1.807, 2.05) is 6.08 Å². The second-order valence-corrected chi connectivity index (χ2v) is 30.2. The van der Waals surface area contributed by atoms with Gasteiger partial charge < -0.3 is 20.3 Å². The number of aliphatic hydroxyl groups is 2. The van der Waals surface area contributed by atoms with E-state index >= 15 is 0 Å². The van der Waals surface area contributed by atoms with Crippen LogP contribution < -0.4 is 5.32 Å². The molecule has 0 bridgehead atoms. The van der Waals surface area contributed by atoms with Crippen LogP contribution in [0.3, 0.4) is 0 Å². The molecule has 0 heterocycles. The number of amides is 1. The van der Waals surface area contributed by atoms with Crippen molar-refractivity contribution in [1.29, 1.82) is 0 Å². The maximum atomic E-state index is 12.5. The van der Waals surface area contributed by atoms with Crippen molar-refractivity contribution in [3.63, 3.8) is 0 Å². The standard InChI is InChI=1S/C88H171NO5/c1-3-5-7-9-11-13-15-17-19-21-23-45-48-52-56-60-64-68-72-76-80-86(91)85(84-90)89-87(92)81-77-73-69-65-61-57-53-49-46-43-41-39-37-35-33-31-29-27-25-24-26-28-30-32-34-36-38-40-42-44-47-51-55-59-63-67-71-75-79-83-94-88(93)82-78-74-70-66-62-58-54-50-22-20-18-16-14-12-10-8-6-4-2/h24-25,76,80,85-86,90-91H,3-23,26-75,77-79,81-84H2,1-2H3,(H,89,92)/b25-24-,80-76+. The highest BCUT2D eigenvalue weighted by molar-refractivity contribution is 5.76. The number of allylic oxidation sites excluding steroid dienone is 3. The molecule has 0 rings (SSSR count). The number of carbonyl (C=O) groups excluding carboxylic acids is 2. The summed E-state index contributed by atoms with van der Waals surface area (Å²) in [6, 6.07) is -0.625. The fourth-order valence-corrected chi connectivity index (χ4v) is 14.1. The van der Waals surface area contributed by atoms with Crippen molar-refractivity contribution >= 4 is 11.9 Å². The van der Waals surface area contributed by atoms with E-state index in [0.717, 1.165) is 38.5 Å². The first-order valence-corrected chi connectivity index (χ1v) is 43.6. The number of ether oxygens (including phenoxy) is 1. The van der Waals surface area contributed by atoms with Gasteiger partial charge in [-0.05, 0) is 57.8 Å². The average molecular weight is 1320 g/mol. The van der Waals surface area contributed by atoms with Gasteiger partial charge in [0.15, 0.2) is 0 Å². The van der Waals surface area contributed by atoms with Crippen LogP contribution in [-0.4, -0.2) is 47.4 Å². The lowest BCUT2D eigenvalue weighted by Gasteiger charge is -2.20. The Labute approximate surface area is 590 Å². The van der Waals surface area contributed by atoms with Gasteiger partial charge in [-0.15, -0.1) is 0 Å². The summed E-state index contributed by atoms with van der Waals surface area (Å²) in [7, 11) is 0. The van der Waals surface area contributed by atoms with Crippen LogP contribution in [0, 0.1) is 0 Å². The highest BCUT2D eigenvalue weighted by Gasteiger charge is 2.18. The molecule has 0 aromatic heterocycles. The van der Waals surface area contributed by atoms with Gasteiger partial charge in [0.05, 0.1) is 25.4 Å². The number of esters is 1. The van der Waals surface area contributed by atoms with Crippen LogP contribution in [0.25, 0.3) is 0 Å². The van der Waals surface area contributed by atoms with Gasteiger partial charge in [-0.1, -0.05) is 456 Å². The summed E-state index contributed by atoms with van der Waals surface area (Å²) in [5, 5.41) is 23.3. The molecule has 3 N–H and O–H groups in total. The molecule has 0 aliphatic heterocycles. The zero-order valence-electron chi connectivity index (χ0n) is 64.2. The van der Waals surface area contributed by atoms with E-state index in [-0.39, 0.29) is 18.5 Å². The van der Waals surface area contributed by atoms with E-state index in [0.29, 0.717) is 19.4 Å². The molecule has 558 valence electrons. The first-order valence-electron chi connectivity index (χ1n) is 43.6. The first kappa shape index (κ1) is 92.3. The molecule has 6 heteroatoms. The summed E-state index contributed by atoms with van der Waals surface area (Å²) < 4.78 is 5.52. The zero-order valence-corrected chi connectivity index (χ0v) is 64.2. The van der Waals surface area contributed by atoms with Gasteiger partial charge >= 0.3 is 5.97 Å². The summed E-state index contributed by atoms with van der Waals surface area (Å²) in [5.74, 6) is -0.0307. The molecule has 0 aromatic carbocycles. The molecular weight excluding hydrogens is 1150 g/mol. The van der Waals surface area contributed by atoms with E-state index in [1.54, 1.807) is 6.08 Å². The quantitative estimate of drug-likeness (QED) is 0.0320. The number of carbonyl (C=O) groups is 2. The maximum absolute atomic E-state index is 12.5. The summed E-state index contributed by atoms with van der Waals surface area (Å²) in [6.07, 6.45) is 109. The van der Waals surface area contributed by atoms with E-state index < -0.39 is 12.1 Å². The molecule has 0 radical (unpaired) electrons. The van der Waals surface area contributed by atoms with Crippen LogP contribution >= 0.6 is 0 Å². The molecule has 0 saturated heterocycles. The van der Waals surface area contributed by atoms with E-state index in [4.69, 9.17) is 4.74 Å². The van der Waals surface area contributed by atoms with Gasteiger partial charge in [0.2, 0.25) is 5.91 Å². The Morgan fingerprint density at radius 3 is 0.755 bits per heavy atom. The van der Waals surface area contributed by atoms with Gasteiger partial charge in [-0.2, -0.15) is 0 Å². The fourth-order valence-electron chi connectivity index (χ4n) is 14.1. The topological polar surface area (TPSA) is 95.9 Å². The number of unbranched alkanes of at least 4 members (excludes halogenated alkanes) is 70. The summed E-state index contributed by atoms with van der Waals surface area (Å²) in [6.45, 7) is 4.97. The molecular formula is C88H171NO5. The molecule has 0 aliphatic rings. The predicted molar refractivity (Wildman–Crippen MR) is 417 cm³/mol. The smallest absolute Gasteiger partial charge is 0.305 e. The molecule has 0 fully saturated rings. The number of nitrogens with one attached hydrogen (secondary N) is 1. The Balaban J connectivity index is 3.33. The minimum Gasteiger partial charge on any atom is -0.466 e. The van der Waals surface area contributed by atoms with Crippen LogP contribution in [0.1, 0.15) is 502 Å². The molecule has 2 atom stereocenters. The van der Waals surface area contributed by atoms with Crippen LogP contribution in [0.2, 0.25) is 0 Å². The minimum absolute atomic E-state index is 0.0279. The molecule has 2 unspecified atom stereocenters.